The lowest BCUT2D eigenvalue weighted by molar-refractivity contribution is 1.15. The van der Waals surface area contributed by atoms with Crippen LogP contribution in [0.5, 0.6) is 0 Å². The average Bonchev–Trinajstić information content (AvgIpc) is 3.88. The van der Waals surface area contributed by atoms with Gasteiger partial charge in [0.2, 0.25) is 0 Å². The first-order valence-electron chi connectivity index (χ1n) is 21.2. The molecule has 290 valence electrons. The molecule has 12 aromatic rings. The van der Waals surface area contributed by atoms with Gasteiger partial charge < -0.3 is 9.13 Å². The first-order valence-corrected chi connectivity index (χ1v) is 21.2. The van der Waals surface area contributed by atoms with Crippen molar-refractivity contribution >= 4 is 43.6 Å². The van der Waals surface area contributed by atoms with Gasteiger partial charge in [-0.15, -0.1) is 0 Å². The van der Waals surface area contributed by atoms with E-state index >= 15 is 0 Å². The molecule has 3 heterocycles. The van der Waals surface area contributed by atoms with Crippen LogP contribution in [-0.4, -0.2) is 14.1 Å². The number of benzene rings is 9. The molecule has 0 saturated carbocycles. The van der Waals surface area contributed by atoms with Gasteiger partial charge in [0.05, 0.1) is 33.5 Å². The summed E-state index contributed by atoms with van der Waals surface area (Å²) in [7, 11) is 0. The van der Waals surface area contributed by atoms with Crippen molar-refractivity contribution in [3.05, 3.63) is 237 Å². The summed E-state index contributed by atoms with van der Waals surface area (Å²) in [5.74, 6) is 0. The molecule has 3 heteroatoms. The van der Waals surface area contributed by atoms with Gasteiger partial charge in [0.25, 0.3) is 0 Å². The molecule has 0 saturated heterocycles. The molecule has 62 heavy (non-hydrogen) atoms. The van der Waals surface area contributed by atoms with Gasteiger partial charge in [-0.1, -0.05) is 182 Å². The van der Waals surface area contributed by atoms with Crippen LogP contribution in [0, 0.1) is 0 Å². The Balaban J connectivity index is 1.10. The van der Waals surface area contributed by atoms with E-state index in [2.05, 4.69) is 246 Å². The molecule has 3 aromatic heterocycles. The Morgan fingerprint density at radius 3 is 1.08 bits per heavy atom. The maximum atomic E-state index is 5.25. The van der Waals surface area contributed by atoms with Crippen LogP contribution in [0.3, 0.4) is 0 Å². The van der Waals surface area contributed by atoms with Crippen molar-refractivity contribution < 1.29 is 0 Å². The highest BCUT2D eigenvalue weighted by molar-refractivity contribution is 6.24. The maximum Gasteiger partial charge on any atom is 0.0788 e. The van der Waals surface area contributed by atoms with Crippen LogP contribution in [0.1, 0.15) is 0 Å². The van der Waals surface area contributed by atoms with Crippen LogP contribution in [0.25, 0.3) is 111 Å². The van der Waals surface area contributed by atoms with E-state index in [1.165, 1.54) is 65.9 Å². The van der Waals surface area contributed by atoms with E-state index < -0.39 is 0 Å². The summed E-state index contributed by atoms with van der Waals surface area (Å²) in [4.78, 5) is 5.25. The lowest BCUT2D eigenvalue weighted by atomic mass is 9.98. The number of aromatic nitrogens is 3. The van der Waals surface area contributed by atoms with Crippen molar-refractivity contribution in [2.24, 2.45) is 0 Å². The highest BCUT2D eigenvalue weighted by Crippen LogP contribution is 2.43. The molecule has 0 spiro atoms. The highest BCUT2D eigenvalue weighted by atomic mass is 15.0. The largest absolute Gasteiger partial charge is 0.307 e. The summed E-state index contributed by atoms with van der Waals surface area (Å²) in [5, 5.41) is 4.88. The standard InChI is InChI=1S/C59H39N3/c1-5-17-40(18-6-1)45-35-46(41-19-7-2-8-20-41)37-49(36-45)62-57-28-16-14-26-51(57)53-34-33-52-50-25-13-15-27-56(50)61(58(52)59(53)62)48-31-29-44(30-32-48)55-39-47(42-21-9-3-10-22-42)38-54(60-55)43-23-11-4-12-24-43/h1-39H. The Morgan fingerprint density at radius 2 is 0.613 bits per heavy atom. The number of hydrogen-bond acceptors (Lipinski definition) is 1. The second-order valence-corrected chi connectivity index (χ2v) is 16.0. The number of nitrogens with zero attached hydrogens (tertiary/aromatic N) is 3. The van der Waals surface area contributed by atoms with Crippen LogP contribution < -0.4 is 0 Å². The summed E-state index contributed by atoms with van der Waals surface area (Å²) in [5.41, 5.74) is 18.0. The Morgan fingerprint density at radius 1 is 0.242 bits per heavy atom. The normalized spacial score (nSPS) is 11.5. The van der Waals surface area contributed by atoms with Crippen molar-refractivity contribution in [1.29, 1.82) is 0 Å². The third kappa shape index (κ3) is 6.02. The topological polar surface area (TPSA) is 22.8 Å². The molecular weight excluding hydrogens is 751 g/mol. The molecular formula is C59H39N3. The smallest absolute Gasteiger partial charge is 0.0788 e. The zero-order valence-corrected chi connectivity index (χ0v) is 33.9. The predicted molar refractivity (Wildman–Crippen MR) is 260 cm³/mol. The van der Waals surface area contributed by atoms with Gasteiger partial charge in [0.15, 0.2) is 0 Å². The molecule has 0 fully saturated rings. The molecule has 0 aliphatic rings. The molecule has 3 nitrogen and oxygen atoms in total. The van der Waals surface area contributed by atoms with Gasteiger partial charge in [-0.05, 0) is 88.0 Å². The fourth-order valence-electron chi connectivity index (χ4n) is 9.39. The molecule has 0 amide bonds. The molecule has 0 radical (unpaired) electrons. The third-order valence-electron chi connectivity index (χ3n) is 12.3. The second-order valence-electron chi connectivity index (χ2n) is 16.0. The minimum Gasteiger partial charge on any atom is -0.307 e. The number of hydrogen-bond donors (Lipinski definition) is 0. The van der Waals surface area contributed by atoms with Crippen LogP contribution in [-0.2, 0) is 0 Å². The van der Waals surface area contributed by atoms with E-state index in [0.29, 0.717) is 0 Å². The molecule has 0 N–H and O–H groups in total. The van der Waals surface area contributed by atoms with E-state index in [9.17, 15) is 0 Å². The van der Waals surface area contributed by atoms with Crippen LogP contribution in [0.15, 0.2) is 237 Å². The minimum atomic E-state index is 0.939. The molecule has 12 rings (SSSR count). The highest BCUT2D eigenvalue weighted by Gasteiger charge is 2.22. The molecule has 9 aromatic carbocycles. The van der Waals surface area contributed by atoms with Crippen molar-refractivity contribution in [2.75, 3.05) is 0 Å². The molecule has 0 bridgehead atoms. The van der Waals surface area contributed by atoms with Crippen LogP contribution >= 0.6 is 0 Å². The van der Waals surface area contributed by atoms with E-state index in [1.54, 1.807) is 0 Å². The zero-order valence-electron chi connectivity index (χ0n) is 33.9. The summed E-state index contributed by atoms with van der Waals surface area (Å²) < 4.78 is 4.97. The summed E-state index contributed by atoms with van der Waals surface area (Å²) in [6, 6.07) is 85.2. The quantitative estimate of drug-likeness (QED) is 0.158. The number of rotatable bonds is 7. The van der Waals surface area contributed by atoms with Crippen LogP contribution in [0.2, 0.25) is 0 Å². The molecule has 0 aliphatic carbocycles. The summed E-state index contributed by atoms with van der Waals surface area (Å²) in [6.45, 7) is 0. The van der Waals surface area contributed by atoms with Crippen molar-refractivity contribution in [3.63, 3.8) is 0 Å². The lowest BCUT2D eigenvalue weighted by Gasteiger charge is -2.16. The third-order valence-corrected chi connectivity index (χ3v) is 12.3. The van der Waals surface area contributed by atoms with E-state index in [1.807, 2.05) is 0 Å². The van der Waals surface area contributed by atoms with Crippen molar-refractivity contribution in [3.8, 4) is 67.3 Å². The first-order chi connectivity index (χ1) is 30.7. The maximum absolute atomic E-state index is 5.25. The van der Waals surface area contributed by atoms with Gasteiger partial charge in [-0.25, -0.2) is 4.98 Å². The number of para-hydroxylation sites is 2. The van der Waals surface area contributed by atoms with E-state index in [4.69, 9.17) is 4.98 Å². The Kier molecular flexibility index (Phi) is 8.50. The van der Waals surface area contributed by atoms with Crippen LogP contribution in [0.4, 0.5) is 0 Å². The molecule has 0 unspecified atom stereocenters. The van der Waals surface area contributed by atoms with E-state index in [0.717, 1.165) is 45.0 Å². The summed E-state index contributed by atoms with van der Waals surface area (Å²) >= 11 is 0. The molecule has 0 aliphatic heterocycles. The zero-order chi connectivity index (χ0) is 41.0. The van der Waals surface area contributed by atoms with Gasteiger partial charge in [0, 0.05) is 44.0 Å². The fourth-order valence-corrected chi connectivity index (χ4v) is 9.39. The van der Waals surface area contributed by atoms with Crippen molar-refractivity contribution in [1.82, 2.24) is 14.1 Å². The first kappa shape index (κ1) is 35.7. The average molecular weight is 790 g/mol. The Labute approximate surface area is 360 Å². The minimum absolute atomic E-state index is 0.939. The second kappa shape index (κ2) is 14.8. The predicted octanol–water partition coefficient (Wildman–Crippen LogP) is 15.6. The fraction of sp³-hybridized carbons (Fsp3) is 0. The molecule has 0 atom stereocenters. The van der Waals surface area contributed by atoms with E-state index in [-0.39, 0.29) is 0 Å². The lowest BCUT2D eigenvalue weighted by Crippen LogP contribution is -2.00. The Hall–Kier alpha value is -8.27. The van der Waals surface area contributed by atoms with Crippen molar-refractivity contribution in [2.45, 2.75) is 0 Å². The van der Waals surface area contributed by atoms with Gasteiger partial charge >= 0.3 is 0 Å². The summed E-state index contributed by atoms with van der Waals surface area (Å²) in [6.07, 6.45) is 0. The van der Waals surface area contributed by atoms with Gasteiger partial charge in [0.1, 0.15) is 0 Å². The van der Waals surface area contributed by atoms with Gasteiger partial charge in [-0.2, -0.15) is 0 Å². The van der Waals surface area contributed by atoms with Gasteiger partial charge in [-0.3, -0.25) is 0 Å². The number of fused-ring (bicyclic) bond motifs is 7. The number of pyridine rings is 1. The Bertz CT molecular complexity index is 3470. The SMILES string of the molecule is c1ccc(-c2cc(-c3ccccc3)cc(-n3c4ccccc4c4ccc5c6ccccc6n(-c6ccc(-c7cc(-c8ccccc8)cc(-c8ccccc8)n7)cc6)c5c43)c2)cc1. The monoisotopic (exact) mass is 789 g/mol.